The molecule has 4 heteroatoms. The minimum absolute atomic E-state index is 0.722. The third kappa shape index (κ3) is 4.07. The Morgan fingerprint density at radius 1 is 0.609 bits per heavy atom. The van der Waals surface area contributed by atoms with Crippen LogP contribution in [-0.2, 0) is 0 Å². The van der Waals surface area contributed by atoms with E-state index in [-0.39, 0.29) is 0 Å². The molecule has 0 saturated heterocycles. The molecule has 23 heavy (non-hydrogen) atoms. The van der Waals surface area contributed by atoms with Crippen molar-refractivity contribution >= 4 is 13.3 Å². The van der Waals surface area contributed by atoms with E-state index in [1.54, 1.807) is 7.11 Å². The summed E-state index contributed by atoms with van der Waals surface area (Å²) in [6.07, 6.45) is 0. The molecule has 0 fully saturated rings. The molecule has 114 valence electrons. The molecule has 0 atom stereocenters. The number of hydrogen-bond acceptors (Lipinski definition) is 3. The van der Waals surface area contributed by atoms with E-state index in [0.717, 1.165) is 28.7 Å². The summed E-state index contributed by atoms with van der Waals surface area (Å²) < 4.78 is 16.8. The Balaban J connectivity index is 1.72. The van der Waals surface area contributed by atoms with E-state index in [4.69, 9.17) is 14.2 Å². The topological polar surface area (TPSA) is 27.7 Å². The highest BCUT2D eigenvalue weighted by molar-refractivity contribution is 6.32. The molecule has 0 spiro atoms. The van der Waals surface area contributed by atoms with Crippen molar-refractivity contribution in [3.05, 3.63) is 72.8 Å². The maximum Gasteiger partial charge on any atom is 0.139 e. The average Bonchev–Trinajstić information content (AvgIpc) is 2.58. The average molecular weight is 304 g/mol. The Bertz CT molecular complexity index is 767. The Morgan fingerprint density at radius 3 is 1.61 bits per heavy atom. The second-order valence-electron chi connectivity index (χ2n) is 5.17. The first kappa shape index (κ1) is 15.0. The lowest BCUT2D eigenvalue weighted by molar-refractivity contribution is 0.412. The zero-order valence-electron chi connectivity index (χ0n) is 13.2. The fourth-order valence-electron chi connectivity index (χ4n) is 2.12. The van der Waals surface area contributed by atoms with E-state index in [1.807, 2.05) is 80.6 Å². The van der Waals surface area contributed by atoms with Crippen LogP contribution in [0.1, 0.15) is 0 Å². The minimum atomic E-state index is 0.722. The SMILES string of the molecule is Bc1ccc(Oc2cccc(Oc3ccc(OC)cc3)c2)cc1. The number of ether oxygens (including phenoxy) is 3. The molecular formula is C19H17BO3. The molecule has 0 aliphatic heterocycles. The summed E-state index contributed by atoms with van der Waals surface area (Å²) in [6, 6.07) is 23.0. The van der Waals surface area contributed by atoms with Gasteiger partial charge >= 0.3 is 0 Å². The van der Waals surface area contributed by atoms with Gasteiger partial charge in [-0.25, -0.2) is 0 Å². The summed E-state index contributed by atoms with van der Waals surface area (Å²) in [5, 5.41) is 0. The summed E-state index contributed by atoms with van der Waals surface area (Å²) in [4.78, 5) is 0. The Kier molecular flexibility index (Phi) is 4.53. The van der Waals surface area contributed by atoms with Crippen molar-refractivity contribution in [3.8, 4) is 28.7 Å². The highest BCUT2D eigenvalue weighted by atomic mass is 16.5. The molecule has 0 bridgehead atoms. The monoisotopic (exact) mass is 304 g/mol. The highest BCUT2D eigenvalue weighted by Crippen LogP contribution is 2.28. The minimum Gasteiger partial charge on any atom is -0.497 e. The zero-order valence-corrected chi connectivity index (χ0v) is 13.2. The van der Waals surface area contributed by atoms with Crippen molar-refractivity contribution in [2.45, 2.75) is 0 Å². The molecule has 0 radical (unpaired) electrons. The van der Waals surface area contributed by atoms with Crippen molar-refractivity contribution in [3.63, 3.8) is 0 Å². The van der Waals surface area contributed by atoms with Gasteiger partial charge in [-0.05, 0) is 48.5 Å². The molecule has 3 nitrogen and oxygen atoms in total. The summed E-state index contributed by atoms with van der Waals surface area (Å²) in [5.74, 6) is 3.81. The quantitative estimate of drug-likeness (QED) is 0.675. The summed E-state index contributed by atoms with van der Waals surface area (Å²) in [7, 11) is 3.69. The smallest absolute Gasteiger partial charge is 0.139 e. The fraction of sp³-hybridized carbons (Fsp3) is 0.0526. The standard InChI is InChI=1S/C19H17BO3/c1-21-15-9-11-17(12-10-15)23-19-4-2-3-18(13-19)22-16-7-5-14(20)6-8-16/h2-13H,20H2,1H3. The van der Waals surface area contributed by atoms with Crippen molar-refractivity contribution in [2.75, 3.05) is 7.11 Å². The Hall–Kier alpha value is -2.88. The van der Waals surface area contributed by atoms with Crippen molar-refractivity contribution < 1.29 is 14.2 Å². The van der Waals surface area contributed by atoms with Crippen LogP contribution in [-0.4, -0.2) is 15.0 Å². The molecule has 3 rings (SSSR count). The summed E-state index contributed by atoms with van der Waals surface area (Å²) in [6.45, 7) is 0. The number of benzene rings is 3. The maximum absolute atomic E-state index is 5.85. The van der Waals surface area contributed by atoms with Gasteiger partial charge in [-0.1, -0.05) is 23.7 Å². The van der Waals surface area contributed by atoms with Gasteiger partial charge in [-0.15, -0.1) is 0 Å². The first-order valence-electron chi connectivity index (χ1n) is 7.39. The van der Waals surface area contributed by atoms with Crippen molar-refractivity contribution in [2.24, 2.45) is 0 Å². The summed E-state index contributed by atoms with van der Waals surface area (Å²) in [5.41, 5.74) is 1.20. The van der Waals surface area contributed by atoms with Crippen LogP contribution >= 0.6 is 0 Å². The highest BCUT2D eigenvalue weighted by Gasteiger charge is 2.02. The van der Waals surface area contributed by atoms with Gasteiger partial charge in [0, 0.05) is 6.07 Å². The van der Waals surface area contributed by atoms with Crippen LogP contribution in [0.15, 0.2) is 72.8 Å². The van der Waals surface area contributed by atoms with E-state index >= 15 is 0 Å². The van der Waals surface area contributed by atoms with E-state index < -0.39 is 0 Å². The lowest BCUT2D eigenvalue weighted by Crippen LogP contribution is -1.99. The second-order valence-corrected chi connectivity index (χ2v) is 5.17. The third-order valence-electron chi connectivity index (χ3n) is 3.36. The van der Waals surface area contributed by atoms with Gasteiger partial charge in [-0.3, -0.25) is 0 Å². The molecule has 3 aromatic rings. The third-order valence-corrected chi connectivity index (χ3v) is 3.36. The lowest BCUT2D eigenvalue weighted by atomic mass is 9.97. The number of methoxy groups -OCH3 is 1. The second kappa shape index (κ2) is 6.92. The maximum atomic E-state index is 5.85. The van der Waals surface area contributed by atoms with Crippen LogP contribution in [0.3, 0.4) is 0 Å². The van der Waals surface area contributed by atoms with Gasteiger partial charge in [-0.2, -0.15) is 0 Å². The molecule has 0 amide bonds. The molecule has 0 aliphatic carbocycles. The lowest BCUT2D eigenvalue weighted by Gasteiger charge is -2.09. The molecule has 0 saturated carbocycles. The van der Waals surface area contributed by atoms with E-state index in [2.05, 4.69) is 0 Å². The molecule has 3 aromatic carbocycles. The normalized spacial score (nSPS) is 10.1. The van der Waals surface area contributed by atoms with E-state index in [1.165, 1.54) is 5.46 Å². The van der Waals surface area contributed by atoms with Crippen LogP contribution < -0.4 is 19.7 Å². The van der Waals surface area contributed by atoms with Gasteiger partial charge in [0.1, 0.15) is 36.6 Å². The number of hydrogen-bond donors (Lipinski definition) is 0. The predicted octanol–water partition coefficient (Wildman–Crippen LogP) is 3.54. The van der Waals surface area contributed by atoms with Crippen molar-refractivity contribution in [1.29, 1.82) is 0 Å². The van der Waals surface area contributed by atoms with Crippen LogP contribution in [0.2, 0.25) is 0 Å². The molecular weight excluding hydrogens is 287 g/mol. The van der Waals surface area contributed by atoms with Crippen LogP contribution in [0.25, 0.3) is 0 Å². The van der Waals surface area contributed by atoms with Crippen LogP contribution in [0.4, 0.5) is 0 Å². The van der Waals surface area contributed by atoms with E-state index in [9.17, 15) is 0 Å². The first-order valence-corrected chi connectivity index (χ1v) is 7.39. The first-order chi connectivity index (χ1) is 11.2. The Morgan fingerprint density at radius 2 is 1.09 bits per heavy atom. The fourth-order valence-corrected chi connectivity index (χ4v) is 2.12. The van der Waals surface area contributed by atoms with Gasteiger partial charge in [0.2, 0.25) is 0 Å². The van der Waals surface area contributed by atoms with Gasteiger partial charge in [0.25, 0.3) is 0 Å². The predicted molar refractivity (Wildman–Crippen MR) is 94.2 cm³/mol. The van der Waals surface area contributed by atoms with E-state index in [0.29, 0.717) is 0 Å². The largest absolute Gasteiger partial charge is 0.497 e. The summed E-state index contributed by atoms with van der Waals surface area (Å²) >= 11 is 0. The molecule has 0 unspecified atom stereocenters. The van der Waals surface area contributed by atoms with Crippen LogP contribution in [0.5, 0.6) is 28.7 Å². The number of rotatable bonds is 5. The van der Waals surface area contributed by atoms with Gasteiger partial charge in [0.05, 0.1) is 7.11 Å². The zero-order chi connectivity index (χ0) is 16.1. The van der Waals surface area contributed by atoms with Crippen LogP contribution in [0, 0.1) is 0 Å². The molecule has 0 aromatic heterocycles. The molecule has 0 heterocycles. The van der Waals surface area contributed by atoms with Gasteiger partial charge < -0.3 is 14.2 Å². The van der Waals surface area contributed by atoms with Gasteiger partial charge in [0.15, 0.2) is 0 Å². The Labute approximate surface area is 136 Å². The molecule has 0 N–H and O–H groups in total. The van der Waals surface area contributed by atoms with Crippen molar-refractivity contribution in [1.82, 2.24) is 0 Å². The molecule has 0 aliphatic rings.